The number of nitrogens with two attached hydrogens (primary N) is 1. The third-order valence-electron chi connectivity index (χ3n) is 3.90. The summed E-state index contributed by atoms with van der Waals surface area (Å²) in [5, 5.41) is 0. The van der Waals surface area contributed by atoms with E-state index in [4.69, 9.17) is 5.73 Å². The molecule has 1 saturated heterocycles. The van der Waals surface area contributed by atoms with E-state index in [1.807, 2.05) is 0 Å². The lowest BCUT2D eigenvalue weighted by Gasteiger charge is -2.32. The van der Waals surface area contributed by atoms with Gasteiger partial charge in [-0.2, -0.15) is 0 Å². The van der Waals surface area contributed by atoms with E-state index in [2.05, 4.69) is 21.5 Å². The fourth-order valence-corrected chi connectivity index (χ4v) is 3.56. The van der Waals surface area contributed by atoms with Gasteiger partial charge in [-0.05, 0) is 45.0 Å². The predicted octanol–water partition coefficient (Wildman–Crippen LogP) is 0.693. The van der Waals surface area contributed by atoms with Gasteiger partial charge in [-0.25, -0.2) is 13.1 Å². The summed E-state index contributed by atoms with van der Waals surface area (Å²) >= 11 is 0. The molecule has 2 heterocycles. The van der Waals surface area contributed by atoms with Gasteiger partial charge in [0.2, 0.25) is 10.0 Å². The van der Waals surface area contributed by atoms with Crippen LogP contribution in [0, 0.1) is 0 Å². The molecule has 2 rings (SSSR count). The number of hydrogen-bond donors (Lipinski definition) is 2. The van der Waals surface area contributed by atoms with Crippen molar-refractivity contribution in [2.75, 3.05) is 19.6 Å². The molecule has 0 saturated carbocycles. The van der Waals surface area contributed by atoms with E-state index >= 15 is 0 Å². The number of likely N-dealkylation sites (tertiary alicyclic amines) is 1. The van der Waals surface area contributed by atoms with Gasteiger partial charge in [-0.3, -0.25) is 9.88 Å². The number of nitrogens with one attached hydrogen (secondary N) is 1. The van der Waals surface area contributed by atoms with E-state index in [-0.39, 0.29) is 10.9 Å². The maximum Gasteiger partial charge on any atom is 0.242 e. The number of nitrogens with zero attached hydrogens (tertiary/aromatic N) is 2. The maximum absolute atomic E-state index is 12.2. The lowest BCUT2D eigenvalue weighted by molar-refractivity contribution is 0.175. The standard InChI is InChI=1S/C14H24N4O2S/c1-12(18-7-3-2-4-8-18)10-17-21(19,20)14-6-5-13(9-15)16-11-14/h5-6,11-12,17H,2-4,7-10,15H2,1H3. The number of hydrogen-bond acceptors (Lipinski definition) is 5. The highest BCUT2D eigenvalue weighted by Crippen LogP contribution is 2.13. The maximum atomic E-state index is 12.2. The summed E-state index contributed by atoms with van der Waals surface area (Å²) in [7, 11) is -3.50. The fraction of sp³-hybridized carbons (Fsp3) is 0.643. The largest absolute Gasteiger partial charge is 0.325 e. The third-order valence-corrected chi connectivity index (χ3v) is 5.31. The predicted molar refractivity (Wildman–Crippen MR) is 82.2 cm³/mol. The third kappa shape index (κ3) is 4.47. The van der Waals surface area contributed by atoms with Crippen molar-refractivity contribution in [3.05, 3.63) is 24.0 Å². The first-order chi connectivity index (χ1) is 10.0. The topological polar surface area (TPSA) is 88.3 Å². The minimum atomic E-state index is -3.50. The molecule has 1 aromatic rings. The molecule has 0 amide bonds. The average molecular weight is 312 g/mol. The smallest absolute Gasteiger partial charge is 0.242 e. The van der Waals surface area contributed by atoms with Crippen molar-refractivity contribution in [1.29, 1.82) is 0 Å². The zero-order valence-corrected chi connectivity index (χ0v) is 13.3. The molecular weight excluding hydrogens is 288 g/mol. The minimum Gasteiger partial charge on any atom is -0.325 e. The van der Waals surface area contributed by atoms with Crippen LogP contribution in [0.25, 0.3) is 0 Å². The second kappa shape index (κ2) is 7.31. The number of aromatic nitrogens is 1. The second-order valence-electron chi connectivity index (χ2n) is 5.49. The van der Waals surface area contributed by atoms with Crippen LogP contribution in [0.3, 0.4) is 0 Å². The molecule has 7 heteroatoms. The highest BCUT2D eigenvalue weighted by molar-refractivity contribution is 7.89. The van der Waals surface area contributed by atoms with Crippen LogP contribution in [0.15, 0.2) is 23.2 Å². The summed E-state index contributed by atoms with van der Waals surface area (Å²) in [6.07, 6.45) is 5.02. The molecule has 6 nitrogen and oxygen atoms in total. The molecule has 1 fully saturated rings. The van der Waals surface area contributed by atoms with E-state index in [1.165, 1.54) is 25.5 Å². The first-order valence-corrected chi connectivity index (χ1v) is 8.90. The Morgan fingerprint density at radius 3 is 2.62 bits per heavy atom. The molecular formula is C14H24N4O2S. The molecule has 0 aromatic carbocycles. The van der Waals surface area contributed by atoms with E-state index < -0.39 is 10.0 Å². The van der Waals surface area contributed by atoms with Gasteiger partial charge < -0.3 is 5.73 Å². The molecule has 0 spiro atoms. The second-order valence-corrected chi connectivity index (χ2v) is 7.25. The molecule has 3 N–H and O–H groups in total. The SMILES string of the molecule is CC(CNS(=O)(=O)c1ccc(CN)nc1)N1CCCCC1. The lowest BCUT2D eigenvalue weighted by Crippen LogP contribution is -2.44. The Hall–Kier alpha value is -1.02. The quantitative estimate of drug-likeness (QED) is 0.807. The average Bonchev–Trinajstić information content (AvgIpc) is 2.53. The van der Waals surface area contributed by atoms with Gasteiger partial charge in [0.15, 0.2) is 0 Å². The Balaban J connectivity index is 1.93. The van der Waals surface area contributed by atoms with Crippen molar-refractivity contribution in [3.63, 3.8) is 0 Å². The van der Waals surface area contributed by atoms with E-state index in [9.17, 15) is 8.42 Å². The Morgan fingerprint density at radius 1 is 1.33 bits per heavy atom. The van der Waals surface area contributed by atoms with Crippen molar-refractivity contribution < 1.29 is 8.42 Å². The molecule has 0 bridgehead atoms. The molecule has 118 valence electrons. The van der Waals surface area contributed by atoms with Crippen molar-refractivity contribution in [3.8, 4) is 0 Å². The molecule has 0 radical (unpaired) electrons. The summed E-state index contributed by atoms with van der Waals surface area (Å²) in [4.78, 5) is 6.55. The van der Waals surface area contributed by atoms with E-state index in [0.29, 0.717) is 18.8 Å². The van der Waals surface area contributed by atoms with Crippen LogP contribution in [0.4, 0.5) is 0 Å². The van der Waals surface area contributed by atoms with Crippen LogP contribution in [0.2, 0.25) is 0 Å². The van der Waals surface area contributed by atoms with Gasteiger partial charge in [0, 0.05) is 25.3 Å². The lowest BCUT2D eigenvalue weighted by atomic mass is 10.1. The number of piperidine rings is 1. The Bertz CT molecular complexity index is 539. The number of pyridine rings is 1. The van der Waals surface area contributed by atoms with Crippen molar-refractivity contribution in [2.45, 2.75) is 43.7 Å². The Kier molecular flexibility index (Phi) is 5.69. The van der Waals surface area contributed by atoms with Crippen molar-refractivity contribution in [1.82, 2.24) is 14.6 Å². The van der Waals surface area contributed by atoms with Gasteiger partial charge in [0.1, 0.15) is 4.90 Å². The van der Waals surface area contributed by atoms with Gasteiger partial charge in [-0.15, -0.1) is 0 Å². The van der Waals surface area contributed by atoms with Gasteiger partial charge in [0.25, 0.3) is 0 Å². The van der Waals surface area contributed by atoms with E-state index in [1.54, 1.807) is 12.1 Å². The Morgan fingerprint density at radius 2 is 2.05 bits per heavy atom. The van der Waals surface area contributed by atoms with Crippen LogP contribution in [0.5, 0.6) is 0 Å². The molecule has 1 unspecified atom stereocenters. The molecule has 1 aliphatic rings. The summed E-state index contributed by atoms with van der Waals surface area (Å²) in [6.45, 7) is 4.88. The molecule has 21 heavy (non-hydrogen) atoms. The fourth-order valence-electron chi connectivity index (χ4n) is 2.49. The van der Waals surface area contributed by atoms with Crippen LogP contribution in [-0.2, 0) is 16.6 Å². The number of sulfonamides is 1. The van der Waals surface area contributed by atoms with Crippen LogP contribution in [-0.4, -0.2) is 44.0 Å². The highest BCUT2D eigenvalue weighted by atomic mass is 32.2. The first kappa shape index (κ1) is 16.4. The summed E-state index contributed by atoms with van der Waals surface area (Å²) < 4.78 is 27.1. The summed E-state index contributed by atoms with van der Waals surface area (Å²) in [6, 6.07) is 3.39. The minimum absolute atomic E-state index is 0.186. The number of rotatable bonds is 6. The van der Waals surface area contributed by atoms with Crippen LogP contribution in [0.1, 0.15) is 31.9 Å². The van der Waals surface area contributed by atoms with Gasteiger partial charge in [-0.1, -0.05) is 6.42 Å². The van der Waals surface area contributed by atoms with E-state index in [0.717, 1.165) is 13.1 Å². The normalized spacial score (nSPS) is 18.6. The van der Waals surface area contributed by atoms with Crippen molar-refractivity contribution in [2.24, 2.45) is 5.73 Å². The molecule has 0 aliphatic carbocycles. The van der Waals surface area contributed by atoms with Crippen LogP contribution >= 0.6 is 0 Å². The van der Waals surface area contributed by atoms with Gasteiger partial charge >= 0.3 is 0 Å². The summed E-state index contributed by atoms with van der Waals surface area (Å²) in [5.41, 5.74) is 6.13. The first-order valence-electron chi connectivity index (χ1n) is 7.41. The van der Waals surface area contributed by atoms with Crippen molar-refractivity contribution >= 4 is 10.0 Å². The highest BCUT2D eigenvalue weighted by Gasteiger charge is 2.20. The molecule has 1 aromatic heterocycles. The Labute approximate surface area is 126 Å². The summed E-state index contributed by atoms with van der Waals surface area (Å²) in [5.74, 6) is 0. The van der Waals surface area contributed by atoms with Gasteiger partial charge in [0.05, 0.1) is 5.69 Å². The zero-order valence-electron chi connectivity index (χ0n) is 12.5. The molecule has 1 aliphatic heterocycles. The zero-order chi connectivity index (χ0) is 15.3. The van der Waals surface area contributed by atoms with Crippen LogP contribution < -0.4 is 10.5 Å². The monoisotopic (exact) mass is 312 g/mol. The molecule has 1 atom stereocenters.